The zero-order valence-electron chi connectivity index (χ0n) is 13.1. The predicted octanol–water partition coefficient (Wildman–Crippen LogP) is 2.13. The molecule has 0 spiro atoms. The highest BCUT2D eigenvalue weighted by atomic mass is 32.2. The molecular weight excluding hydrogens is 344 g/mol. The topological polar surface area (TPSA) is 69.3 Å². The van der Waals surface area contributed by atoms with Crippen LogP contribution in [-0.4, -0.2) is 53.8 Å². The van der Waals surface area contributed by atoms with Gasteiger partial charge in [-0.1, -0.05) is 6.07 Å². The number of hydrogen-bond donors (Lipinski definition) is 1. The monoisotopic (exact) mass is 362 g/mol. The molecule has 8 heteroatoms. The molecule has 0 radical (unpaired) electrons. The molecule has 3 aromatic heterocycles. The van der Waals surface area contributed by atoms with Crippen LogP contribution in [0.1, 0.15) is 5.56 Å². The van der Waals surface area contributed by atoms with E-state index in [1.165, 1.54) is 16.9 Å². The number of pyridine rings is 1. The third-order valence-electron chi connectivity index (χ3n) is 4.35. The van der Waals surface area contributed by atoms with Gasteiger partial charge in [0, 0.05) is 50.5 Å². The van der Waals surface area contributed by atoms with Crippen LogP contribution in [-0.2, 0) is 16.6 Å². The minimum absolute atomic E-state index is 0.429. The number of nitrogens with one attached hydrogen (secondary N) is 1. The Hall–Kier alpha value is -1.74. The SMILES string of the molecule is O=S(=O)(c1cccs1)N1CCN(Cc2c[nH]c3ncccc23)CC1. The molecule has 4 heterocycles. The van der Waals surface area contributed by atoms with E-state index in [-0.39, 0.29) is 0 Å². The zero-order chi connectivity index (χ0) is 16.6. The van der Waals surface area contributed by atoms with Crippen LogP contribution in [0, 0.1) is 0 Å². The fraction of sp³-hybridized carbons (Fsp3) is 0.312. The first-order chi connectivity index (χ1) is 11.6. The van der Waals surface area contributed by atoms with Crippen LogP contribution in [0.2, 0.25) is 0 Å². The predicted molar refractivity (Wildman–Crippen MR) is 94.4 cm³/mol. The highest BCUT2D eigenvalue weighted by Crippen LogP contribution is 2.23. The number of thiophene rings is 1. The van der Waals surface area contributed by atoms with Gasteiger partial charge in [0.05, 0.1) is 0 Å². The molecule has 4 rings (SSSR count). The molecule has 0 saturated carbocycles. The normalized spacial score (nSPS) is 17.5. The molecule has 24 heavy (non-hydrogen) atoms. The maximum Gasteiger partial charge on any atom is 0.252 e. The van der Waals surface area contributed by atoms with Gasteiger partial charge in [0.25, 0.3) is 10.0 Å². The van der Waals surface area contributed by atoms with E-state index >= 15 is 0 Å². The third-order valence-corrected chi connectivity index (χ3v) is 7.62. The van der Waals surface area contributed by atoms with E-state index in [4.69, 9.17) is 0 Å². The highest BCUT2D eigenvalue weighted by Gasteiger charge is 2.29. The summed E-state index contributed by atoms with van der Waals surface area (Å²) in [6, 6.07) is 7.45. The van der Waals surface area contributed by atoms with E-state index in [0.29, 0.717) is 17.3 Å². The molecule has 1 saturated heterocycles. The Labute approximate surface area is 144 Å². The summed E-state index contributed by atoms with van der Waals surface area (Å²) >= 11 is 1.28. The summed E-state index contributed by atoms with van der Waals surface area (Å²) in [6.45, 7) is 3.33. The van der Waals surface area contributed by atoms with Gasteiger partial charge >= 0.3 is 0 Å². The molecule has 1 fully saturated rings. The highest BCUT2D eigenvalue weighted by molar-refractivity contribution is 7.91. The molecule has 1 aliphatic heterocycles. The number of aromatic nitrogens is 2. The molecule has 6 nitrogen and oxygen atoms in total. The van der Waals surface area contributed by atoms with Crippen molar-refractivity contribution in [1.29, 1.82) is 0 Å². The molecule has 0 unspecified atom stereocenters. The van der Waals surface area contributed by atoms with E-state index in [9.17, 15) is 8.42 Å². The summed E-state index contributed by atoms with van der Waals surface area (Å²) in [6.07, 6.45) is 3.77. The van der Waals surface area contributed by atoms with E-state index in [2.05, 4.69) is 20.9 Å². The second-order valence-electron chi connectivity index (χ2n) is 5.83. The second-order valence-corrected chi connectivity index (χ2v) is 8.94. The van der Waals surface area contributed by atoms with E-state index in [1.807, 2.05) is 12.3 Å². The number of H-pyrrole nitrogens is 1. The zero-order valence-corrected chi connectivity index (χ0v) is 14.7. The van der Waals surface area contributed by atoms with Gasteiger partial charge < -0.3 is 4.98 Å². The van der Waals surface area contributed by atoms with Crippen LogP contribution in [0.5, 0.6) is 0 Å². The van der Waals surface area contributed by atoms with Gasteiger partial charge in [0.1, 0.15) is 9.86 Å². The second kappa shape index (κ2) is 6.29. The molecule has 0 bridgehead atoms. The molecule has 0 aliphatic carbocycles. The first-order valence-electron chi connectivity index (χ1n) is 7.81. The van der Waals surface area contributed by atoms with Gasteiger partial charge in [-0.25, -0.2) is 13.4 Å². The van der Waals surface area contributed by atoms with Gasteiger partial charge in [-0.3, -0.25) is 4.90 Å². The van der Waals surface area contributed by atoms with Crippen molar-refractivity contribution in [3.8, 4) is 0 Å². The average molecular weight is 362 g/mol. The maximum atomic E-state index is 12.6. The Kier molecular flexibility index (Phi) is 4.13. The van der Waals surface area contributed by atoms with Crippen LogP contribution >= 0.6 is 11.3 Å². The molecule has 3 aromatic rings. The van der Waals surface area contributed by atoms with E-state index < -0.39 is 10.0 Å². The number of aromatic amines is 1. The van der Waals surface area contributed by atoms with Gasteiger partial charge in [0.2, 0.25) is 0 Å². The lowest BCUT2D eigenvalue weighted by atomic mass is 10.2. The minimum atomic E-state index is -3.33. The lowest BCUT2D eigenvalue weighted by molar-refractivity contribution is 0.182. The van der Waals surface area contributed by atoms with Crippen molar-refractivity contribution >= 4 is 32.4 Å². The molecular formula is C16H18N4O2S2. The Morgan fingerprint density at radius 2 is 2.00 bits per heavy atom. The third kappa shape index (κ3) is 2.86. The number of rotatable bonds is 4. The average Bonchev–Trinajstić information content (AvgIpc) is 3.26. The van der Waals surface area contributed by atoms with Crippen LogP contribution in [0.25, 0.3) is 11.0 Å². The minimum Gasteiger partial charge on any atom is -0.346 e. The smallest absolute Gasteiger partial charge is 0.252 e. The van der Waals surface area contributed by atoms with Crippen LogP contribution < -0.4 is 0 Å². The number of piperazine rings is 1. The van der Waals surface area contributed by atoms with Crippen molar-refractivity contribution in [3.63, 3.8) is 0 Å². The molecule has 0 atom stereocenters. The lowest BCUT2D eigenvalue weighted by Gasteiger charge is -2.33. The van der Waals surface area contributed by atoms with Crippen molar-refractivity contribution in [2.24, 2.45) is 0 Å². The summed E-state index contributed by atoms with van der Waals surface area (Å²) < 4.78 is 27.1. The summed E-state index contributed by atoms with van der Waals surface area (Å²) in [5, 5.41) is 2.93. The lowest BCUT2D eigenvalue weighted by Crippen LogP contribution is -2.48. The first-order valence-corrected chi connectivity index (χ1v) is 10.1. The van der Waals surface area contributed by atoms with Crippen LogP contribution in [0.15, 0.2) is 46.2 Å². The van der Waals surface area contributed by atoms with Crippen molar-refractivity contribution in [3.05, 3.63) is 47.6 Å². The van der Waals surface area contributed by atoms with Gasteiger partial charge in [-0.05, 0) is 29.1 Å². The van der Waals surface area contributed by atoms with Gasteiger partial charge in [0.15, 0.2) is 0 Å². The summed E-state index contributed by atoms with van der Waals surface area (Å²) in [5.41, 5.74) is 2.10. The van der Waals surface area contributed by atoms with Crippen molar-refractivity contribution < 1.29 is 8.42 Å². The Morgan fingerprint density at radius 3 is 2.75 bits per heavy atom. The quantitative estimate of drug-likeness (QED) is 0.772. The van der Waals surface area contributed by atoms with Crippen molar-refractivity contribution in [1.82, 2.24) is 19.2 Å². The number of sulfonamides is 1. The Bertz CT molecular complexity index is 926. The van der Waals surface area contributed by atoms with E-state index in [0.717, 1.165) is 30.7 Å². The van der Waals surface area contributed by atoms with Crippen LogP contribution in [0.4, 0.5) is 0 Å². The van der Waals surface area contributed by atoms with Gasteiger partial charge in [-0.2, -0.15) is 4.31 Å². The largest absolute Gasteiger partial charge is 0.346 e. The number of hydrogen-bond acceptors (Lipinski definition) is 5. The molecule has 1 aliphatic rings. The number of nitrogens with zero attached hydrogens (tertiary/aromatic N) is 3. The fourth-order valence-corrected chi connectivity index (χ4v) is 5.62. The summed E-state index contributed by atoms with van der Waals surface area (Å²) in [7, 11) is -3.33. The standard InChI is InChI=1S/C16H18N4O2S2/c21-24(22,15-4-2-10-23-15)20-8-6-19(7-9-20)12-13-11-18-16-14(13)3-1-5-17-16/h1-5,10-11H,6-9,12H2,(H,17,18). The summed E-state index contributed by atoms with van der Waals surface area (Å²) in [5.74, 6) is 0. The Balaban J connectivity index is 1.43. The van der Waals surface area contributed by atoms with Crippen molar-refractivity contribution in [2.75, 3.05) is 26.2 Å². The molecule has 1 N–H and O–H groups in total. The van der Waals surface area contributed by atoms with Crippen LogP contribution in [0.3, 0.4) is 0 Å². The molecule has 126 valence electrons. The maximum absolute atomic E-state index is 12.6. The Morgan fingerprint density at radius 1 is 1.17 bits per heavy atom. The summed E-state index contributed by atoms with van der Waals surface area (Å²) in [4.78, 5) is 9.78. The molecule has 0 amide bonds. The first kappa shape index (κ1) is 15.8. The van der Waals surface area contributed by atoms with E-state index in [1.54, 1.807) is 28.0 Å². The fourth-order valence-electron chi connectivity index (χ4n) is 3.05. The molecule has 0 aromatic carbocycles. The van der Waals surface area contributed by atoms with Gasteiger partial charge in [-0.15, -0.1) is 11.3 Å². The number of fused-ring (bicyclic) bond motifs is 1. The van der Waals surface area contributed by atoms with Crippen molar-refractivity contribution in [2.45, 2.75) is 10.8 Å².